The number of hydrogen-bond donors (Lipinski definition) is 1. The van der Waals surface area contributed by atoms with E-state index in [-0.39, 0.29) is 5.41 Å². The largest absolute Gasteiger partial charge is 0.440 e. The fourth-order valence-electron chi connectivity index (χ4n) is 1.28. The van der Waals surface area contributed by atoms with Gasteiger partial charge in [0.25, 0.3) is 0 Å². The van der Waals surface area contributed by atoms with Crippen molar-refractivity contribution in [3.05, 3.63) is 29.1 Å². The highest BCUT2D eigenvalue weighted by atomic mass is 35.5. The van der Waals surface area contributed by atoms with E-state index in [1.165, 1.54) is 0 Å². The number of fused-ring (bicyclic) bond motifs is 1. The summed E-state index contributed by atoms with van der Waals surface area (Å²) in [7, 11) is 0. The molecule has 2 rings (SSSR count). The topological polar surface area (TPSA) is 52.0 Å². The van der Waals surface area contributed by atoms with Gasteiger partial charge in [-0.15, -0.1) is 0 Å². The van der Waals surface area contributed by atoms with Crippen molar-refractivity contribution in [2.75, 3.05) is 6.54 Å². The minimum Gasteiger partial charge on any atom is -0.440 e. The van der Waals surface area contributed by atoms with Crippen LogP contribution in [0.3, 0.4) is 0 Å². The molecule has 0 aliphatic carbocycles. The standard InChI is InChI=1S/C11H13ClN2O/c1-11(2,6-13)10-14-8-4-3-7(12)5-9(8)15-10/h3-5H,6,13H2,1-2H3. The minimum atomic E-state index is -0.245. The molecule has 0 spiro atoms. The number of benzene rings is 1. The summed E-state index contributed by atoms with van der Waals surface area (Å²) in [5.41, 5.74) is 6.94. The van der Waals surface area contributed by atoms with Gasteiger partial charge in [0.1, 0.15) is 5.52 Å². The monoisotopic (exact) mass is 224 g/mol. The van der Waals surface area contributed by atoms with Gasteiger partial charge in [-0.3, -0.25) is 0 Å². The van der Waals surface area contributed by atoms with Gasteiger partial charge in [-0.25, -0.2) is 4.98 Å². The molecule has 0 radical (unpaired) electrons. The molecule has 0 saturated heterocycles. The second-order valence-corrected chi connectivity index (χ2v) is 4.66. The van der Waals surface area contributed by atoms with Crippen molar-refractivity contribution in [2.24, 2.45) is 5.73 Å². The molecule has 0 saturated carbocycles. The van der Waals surface area contributed by atoms with Crippen molar-refractivity contribution in [3.8, 4) is 0 Å². The number of aromatic nitrogens is 1. The van der Waals surface area contributed by atoms with E-state index in [0.29, 0.717) is 23.0 Å². The zero-order valence-corrected chi connectivity index (χ0v) is 9.51. The van der Waals surface area contributed by atoms with Crippen molar-refractivity contribution in [3.63, 3.8) is 0 Å². The maximum Gasteiger partial charge on any atom is 0.202 e. The summed E-state index contributed by atoms with van der Waals surface area (Å²) < 4.78 is 5.63. The van der Waals surface area contributed by atoms with Gasteiger partial charge < -0.3 is 10.2 Å². The third kappa shape index (κ3) is 1.85. The van der Waals surface area contributed by atoms with Gasteiger partial charge in [0.15, 0.2) is 5.58 Å². The third-order valence-electron chi connectivity index (χ3n) is 2.44. The molecule has 0 bridgehead atoms. The van der Waals surface area contributed by atoms with Gasteiger partial charge >= 0.3 is 0 Å². The Morgan fingerprint density at radius 1 is 1.47 bits per heavy atom. The Balaban J connectivity index is 2.56. The quantitative estimate of drug-likeness (QED) is 0.854. The minimum absolute atomic E-state index is 0.245. The number of rotatable bonds is 2. The van der Waals surface area contributed by atoms with Gasteiger partial charge in [0, 0.05) is 17.6 Å². The van der Waals surface area contributed by atoms with E-state index in [0.717, 1.165) is 5.52 Å². The lowest BCUT2D eigenvalue weighted by Gasteiger charge is -2.16. The highest BCUT2D eigenvalue weighted by molar-refractivity contribution is 6.31. The van der Waals surface area contributed by atoms with E-state index in [2.05, 4.69) is 4.98 Å². The van der Waals surface area contributed by atoms with Crippen molar-refractivity contribution < 1.29 is 4.42 Å². The van der Waals surface area contributed by atoms with E-state index in [4.69, 9.17) is 21.8 Å². The first-order chi connectivity index (χ1) is 7.03. The molecule has 4 heteroatoms. The third-order valence-corrected chi connectivity index (χ3v) is 2.67. The molecule has 1 heterocycles. The second kappa shape index (κ2) is 3.51. The van der Waals surface area contributed by atoms with Crippen LogP contribution >= 0.6 is 11.6 Å². The molecular weight excluding hydrogens is 212 g/mol. The Hall–Kier alpha value is -1.06. The molecule has 1 aromatic carbocycles. The summed E-state index contributed by atoms with van der Waals surface area (Å²) in [4.78, 5) is 4.39. The molecule has 0 amide bonds. The molecule has 80 valence electrons. The zero-order chi connectivity index (χ0) is 11.1. The van der Waals surface area contributed by atoms with Crippen LogP contribution in [0.4, 0.5) is 0 Å². The van der Waals surface area contributed by atoms with Crippen LogP contribution in [0.25, 0.3) is 11.1 Å². The first kappa shape index (κ1) is 10.5. The van der Waals surface area contributed by atoms with E-state index in [1.54, 1.807) is 12.1 Å². The Morgan fingerprint density at radius 3 is 2.87 bits per heavy atom. The van der Waals surface area contributed by atoms with Crippen LogP contribution in [0.1, 0.15) is 19.7 Å². The zero-order valence-electron chi connectivity index (χ0n) is 8.75. The summed E-state index contributed by atoms with van der Waals surface area (Å²) in [6.45, 7) is 4.49. The molecular formula is C11H13ClN2O. The molecule has 15 heavy (non-hydrogen) atoms. The summed E-state index contributed by atoms with van der Waals surface area (Å²) in [5, 5.41) is 0.649. The Morgan fingerprint density at radius 2 is 2.20 bits per heavy atom. The Kier molecular flexibility index (Phi) is 2.44. The first-order valence-electron chi connectivity index (χ1n) is 4.79. The van der Waals surface area contributed by atoms with E-state index >= 15 is 0 Å². The van der Waals surface area contributed by atoms with Gasteiger partial charge in [0.2, 0.25) is 5.89 Å². The van der Waals surface area contributed by atoms with E-state index < -0.39 is 0 Å². The summed E-state index contributed by atoms with van der Waals surface area (Å²) >= 11 is 5.86. The van der Waals surface area contributed by atoms with E-state index in [9.17, 15) is 0 Å². The normalized spacial score (nSPS) is 12.3. The lowest BCUT2D eigenvalue weighted by atomic mass is 9.94. The number of halogens is 1. The number of nitrogens with two attached hydrogens (primary N) is 1. The lowest BCUT2D eigenvalue weighted by molar-refractivity contribution is 0.391. The predicted molar refractivity (Wildman–Crippen MR) is 61.1 cm³/mol. The Labute approximate surface area is 93.2 Å². The maximum absolute atomic E-state index is 5.86. The highest BCUT2D eigenvalue weighted by Gasteiger charge is 2.25. The second-order valence-electron chi connectivity index (χ2n) is 4.22. The summed E-state index contributed by atoms with van der Waals surface area (Å²) in [6.07, 6.45) is 0. The molecule has 3 nitrogen and oxygen atoms in total. The maximum atomic E-state index is 5.86. The molecule has 0 fully saturated rings. The molecule has 0 aliphatic heterocycles. The van der Waals surface area contributed by atoms with E-state index in [1.807, 2.05) is 19.9 Å². The Bertz CT molecular complexity index is 490. The van der Waals surface area contributed by atoms with Gasteiger partial charge in [-0.05, 0) is 26.0 Å². The fourth-order valence-corrected chi connectivity index (χ4v) is 1.44. The molecule has 0 unspecified atom stereocenters. The lowest BCUT2D eigenvalue weighted by Crippen LogP contribution is -2.28. The highest BCUT2D eigenvalue weighted by Crippen LogP contribution is 2.26. The number of oxazole rings is 1. The van der Waals surface area contributed by atoms with Crippen molar-refractivity contribution >= 4 is 22.7 Å². The van der Waals surface area contributed by atoms with Crippen LogP contribution in [0.5, 0.6) is 0 Å². The molecule has 2 aromatic rings. The van der Waals surface area contributed by atoms with Gasteiger partial charge in [-0.1, -0.05) is 11.6 Å². The number of nitrogens with zero attached hydrogens (tertiary/aromatic N) is 1. The van der Waals surface area contributed by atoms with Gasteiger partial charge in [0.05, 0.1) is 5.41 Å². The average molecular weight is 225 g/mol. The molecule has 0 aliphatic rings. The number of hydrogen-bond acceptors (Lipinski definition) is 3. The predicted octanol–water partition coefficient (Wildman–Crippen LogP) is 2.72. The van der Waals surface area contributed by atoms with Gasteiger partial charge in [-0.2, -0.15) is 0 Å². The SMILES string of the molecule is CC(C)(CN)c1nc2ccc(Cl)cc2o1. The van der Waals surface area contributed by atoms with Crippen molar-refractivity contribution in [1.29, 1.82) is 0 Å². The molecule has 1 aromatic heterocycles. The van der Waals surface area contributed by atoms with Crippen molar-refractivity contribution in [2.45, 2.75) is 19.3 Å². The molecule has 2 N–H and O–H groups in total. The first-order valence-corrected chi connectivity index (χ1v) is 5.17. The van der Waals surface area contributed by atoms with Crippen LogP contribution in [0.2, 0.25) is 5.02 Å². The van der Waals surface area contributed by atoms with Crippen molar-refractivity contribution in [1.82, 2.24) is 4.98 Å². The van der Waals surface area contributed by atoms with Crippen LogP contribution in [-0.2, 0) is 5.41 Å². The van der Waals surface area contributed by atoms with Crippen LogP contribution in [-0.4, -0.2) is 11.5 Å². The molecule has 0 atom stereocenters. The summed E-state index contributed by atoms with van der Waals surface area (Å²) in [5.74, 6) is 0.655. The smallest absolute Gasteiger partial charge is 0.202 e. The summed E-state index contributed by atoms with van der Waals surface area (Å²) in [6, 6.07) is 5.41. The van der Waals surface area contributed by atoms with Crippen LogP contribution in [0, 0.1) is 0 Å². The fraction of sp³-hybridized carbons (Fsp3) is 0.364. The van der Waals surface area contributed by atoms with Crippen LogP contribution < -0.4 is 5.73 Å². The van der Waals surface area contributed by atoms with Crippen LogP contribution in [0.15, 0.2) is 22.6 Å². The average Bonchev–Trinajstić information content (AvgIpc) is 2.61.